The number of urea groups is 1. The smallest absolute Gasteiger partial charge is 0.308 e. The van der Waals surface area contributed by atoms with Gasteiger partial charge in [-0.05, 0) is 34.1 Å². The van der Waals surface area contributed by atoms with Gasteiger partial charge in [-0.3, -0.25) is 5.32 Å². The second kappa shape index (κ2) is 6.08. The molecule has 2 N–H and O–H groups in total. The van der Waals surface area contributed by atoms with Crippen LogP contribution in [0.2, 0.25) is 0 Å². The standard InChI is InChI=1S/C12H8BrF3N4O/c13-9-5-18-10(6-17-9)20-11(21)19-8-3-1-2-7(4-8)12(14,15)16/h1-6H,(H2,18,19,20,21). The molecular weight excluding hydrogens is 353 g/mol. The molecule has 0 fully saturated rings. The van der Waals surface area contributed by atoms with E-state index in [1.165, 1.54) is 24.5 Å². The third kappa shape index (κ3) is 4.42. The Bertz CT molecular complexity index is 646. The summed E-state index contributed by atoms with van der Waals surface area (Å²) >= 11 is 3.08. The fraction of sp³-hybridized carbons (Fsp3) is 0.0833. The minimum Gasteiger partial charge on any atom is -0.308 e. The monoisotopic (exact) mass is 360 g/mol. The lowest BCUT2D eigenvalue weighted by atomic mass is 10.2. The zero-order valence-corrected chi connectivity index (χ0v) is 11.9. The largest absolute Gasteiger partial charge is 0.416 e. The number of benzene rings is 1. The van der Waals surface area contributed by atoms with E-state index in [-0.39, 0.29) is 11.5 Å². The van der Waals surface area contributed by atoms with Crippen molar-refractivity contribution in [3.63, 3.8) is 0 Å². The van der Waals surface area contributed by atoms with Gasteiger partial charge in [0.1, 0.15) is 4.60 Å². The summed E-state index contributed by atoms with van der Waals surface area (Å²) in [5, 5.41) is 4.64. The van der Waals surface area contributed by atoms with Gasteiger partial charge in [0, 0.05) is 5.69 Å². The van der Waals surface area contributed by atoms with Crippen LogP contribution in [0.25, 0.3) is 0 Å². The second-order valence-corrected chi connectivity index (χ2v) is 4.69. The van der Waals surface area contributed by atoms with Gasteiger partial charge in [0.15, 0.2) is 5.82 Å². The lowest BCUT2D eigenvalue weighted by Crippen LogP contribution is -2.20. The molecule has 0 radical (unpaired) electrons. The minimum atomic E-state index is -4.47. The van der Waals surface area contributed by atoms with Crippen molar-refractivity contribution in [1.82, 2.24) is 9.97 Å². The number of halogens is 4. The quantitative estimate of drug-likeness (QED) is 0.853. The van der Waals surface area contributed by atoms with Gasteiger partial charge in [-0.25, -0.2) is 14.8 Å². The number of aromatic nitrogens is 2. The van der Waals surface area contributed by atoms with Crippen molar-refractivity contribution >= 4 is 33.5 Å². The predicted molar refractivity (Wildman–Crippen MR) is 73.8 cm³/mol. The summed E-state index contributed by atoms with van der Waals surface area (Å²) < 4.78 is 38.1. The third-order valence-electron chi connectivity index (χ3n) is 2.31. The summed E-state index contributed by atoms with van der Waals surface area (Å²) in [7, 11) is 0. The Morgan fingerprint density at radius 2 is 1.90 bits per heavy atom. The molecule has 0 saturated carbocycles. The fourth-order valence-corrected chi connectivity index (χ4v) is 1.63. The molecule has 0 spiro atoms. The lowest BCUT2D eigenvalue weighted by Gasteiger charge is -2.10. The van der Waals surface area contributed by atoms with Crippen LogP contribution in [0.3, 0.4) is 0 Å². The zero-order valence-electron chi connectivity index (χ0n) is 10.3. The van der Waals surface area contributed by atoms with Crippen molar-refractivity contribution in [3.05, 3.63) is 46.8 Å². The summed E-state index contributed by atoms with van der Waals surface area (Å²) in [6.45, 7) is 0. The highest BCUT2D eigenvalue weighted by molar-refractivity contribution is 9.10. The normalized spacial score (nSPS) is 11.0. The molecule has 0 unspecified atom stereocenters. The SMILES string of the molecule is O=C(Nc1cccc(C(F)(F)F)c1)Nc1cnc(Br)cn1. The minimum absolute atomic E-state index is 0.0207. The molecular formula is C12H8BrF3N4O. The van der Waals surface area contributed by atoms with E-state index >= 15 is 0 Å². The van der Waals surface area contributed by atoms with E-state index in [0.717, 1.165) is 12.1 Å². The van der Waals surface area contributed by atoms with Gasteiger partial charge in [-0.2, -0.15) is 13.2 Å². The molecule has 0 atom stereocenters. The average molecular weight is 361 g/mol. The number of amides is 2. The molecule has 1 aromatic carbocycles. The fourth-order valence-electron chi connectivity index (χ4n) is 1.43. The van der Waals surface area contributed by atoms with Crippen LogP contribution in [-0.2, 0) is 6.18 Å². The molecule has 1 heterocycles. The molecule has 0 saturated heterocycles. The molecule has 0 aliphatic heterocycles. The molecule has 0 bridgehead atoms. The van der Waals surface area contributed by atoms with Gasteiger partial charge in [0.2, 0.25) is 0 Å². The number of hydrogen-bond acceptors (Lipinski definition) is 3. The Balaban J connectivity index is 2.04. The summed E-state index contributed by atoms with van der Waals surface area (Å²) in [4.78, 5) is 19.3. The highest BCUT2D eigenvalue weighted by Crippen LogP contribution is 2.30. The topological polar surface area (TPSA) is 66.9 Å². The van der Waals surface area contributed by atoms with E-state index in [9.17, 15) is 18.0 Å². The van der Waals surface area contributed by atoms with Gasteiger partial charge in [-0.1, -0.05) is 6.07 Å². The van der Waals surface area contributed by atoms with E-state index in [1.807, 2.05) is 0 Å². The van der Waals surface area contributed by atoms with Crippen molar-refractivity contribution < 1.29 is 18.0 Å². The Morgan fingerprint density at radius 3 is 2.52 bits per heavy atom. The first kappa shape index (κ1) is 15.2. The van der Waals surface area contributed by atoms with Gasteiger partial charge in [-0.15, -0.1) is 0 Å². The van der Waals surface area contributed by atoms with Crippen LogP contribution >= 0.6 is 15.9 Å². The van der Waals surface area contributed by atoms with Crippen molar-refractivity contribution in [3.8, 4) is 0 Å². The number of hydrogen-bond donors (Lipinski definition) is 2. The number of rotatable bonds is 2. The van der Waals surface area contributed by atoms with Crippen LogP contribution in [0.1, 0.15) is 5.56 Å². The van der Waals surface area contributed by atoms with E-state index in [1.54, 1.807) is 0 Å². The van der Waals surface area contributed by atoms with E-state index in [0.29, 0.717) is 4.60 Å². The average Bonchev–Trinajstić information content (AvgIpc) is 2.41. The molecule has 2 rings (SSSR count). The highest BCUT2D eigenvalue weighted by Gasteiger charge is 2.30. The summed E-state index contributed by atoms with van der Waals surface area (Å²) in [6.07, 6.45) is -1.79. The number of nitrogens with one attached hydrogen (secondary N) is 2. The first-order valence-electron chi connectivity index (χ1n) is 5.57. The summed E-state index contributed by atoms with van der Waals surface area (Å²) in [5.74, 6) is 0.169. The molecule has 2 aromatic rings. The predicted octanol–water partition coefficient (Wildman–Crippen LogP) is 3.90. The number of nitrogens with zero attached hydrogens (tertiary/aromatic N) is 2. The van der Waals surface area contributed by atoms with Crippen LogP contribution in [0.5, 0.6) is 0 Å². The van der Waals surface area contributed by atoms with E-state index in [4.69, 9.17) is 0 Å². The van der Waals surface area contributed by atoms with Gasteiger partial charge in [0.05, 0.1) is 18.0 Å². The van der Waals surface area contributed by atoms with Crippen LogP contribution in [0.15, 0.2) is 41.3 Å². The summed E-state index contributed by atoms with van der Waals surface area (Å²) in [5.41, 5.74) is -0.823. The molecule has 110 valence electrons. The van der Waals surface area contributed by atoms with Crippen molar-refractivity contribution in [2.45, 2.75) is 6.18 Å². The molecule has 0 aliphatic carbocycles. The van der Waals surface area contributed by atoms with Gasteiger partial charge >= 0.3 is 12.2 Å². The molecule has 21 heavy (non-hydrogen) atoms. The summed E-state index contributed by atoms with van der Waals surface area (Å²) in [6, 6.07) is 3.60. The number of carbonyl (C=O) groups is 1. The number of anilines is 2. The van der Waals surface area contributed by atoms with Crippen LogP contribution in [0.4, 0.5) is 29.5 Å². The van der Waals surface area contributed by atoms with E-state index < -0.39 is 17.8 Å². The zero-order chi connectivity index (χ0) is 15.5. The molecule has 5 nitrogen and oxygen atoms in total. The van der Waals surface area contributed by atoms with Crippen molar-refractivity contribution in [2.75, 3.05) is 10.6 Å². The molecule has 1 aromatic heterocycles. The second-order valence-electron chi connectivity index (χ2n) is 3.88. The number of carbonyl (C=O) groups excluding carboxylic acids is 1. The maximum atomic E-state index is 12.5. The maximum Gasteiger partial charge on any atom is 0.416 e. The molecule has 0 aliphatic rings. The first-order valence-corrected chi connectivity index (χ1v) is 6.37. The van der Waals surface area contributed by atoms with E-state index in [2.05, 4.69) is 36.5 Å². The Hall–Kier alpha value is -2.16. The van der Waals surface area contributed by atoms with Gasteiger partial charge in [0.25, 0.3) is 0 Å². The van der Waals surface area contributed by atoms with Crippen molar-refractivity contribution in [1.29, 1.82) is 0 Å². The molecule has 9 heteroatoms. The van der Waals surface area contributed by atoms with Crippen molar-refractivity contribution in [2.24, 2.45) is 0 Å². The third-order valence-corrected chi connectivity index (χ3v) is 2.72. The Kier molecular flexibility index (Phi) is 4.41. The van der Waals surface area contributed by atoms with Crippen LogP contribution in [-0.4, -0.2) is 16.0 Å². The van der Waals surface area contributed by atoms with Gasteiger partial charge < -0.3 is 5.32 Å². The first-order chi connectivity index (χ1) is 9.84. The lowest BCUT2D eigenvalue weighted by molar-refractivity contribution is -0.137. The van der Waals surface area contributed by atoms with Crippen LogP contribution in [0, 0.1) is 0 Å². The highest BCUT2D eigenvalue weighted by atomic mass is 79.9. The maximum absolute atomic E-state index is 12.5. The Morgan fingerprint density at radius 1 is 1.14 bits per heavy atom. The Labute approximate surface area is 125 Å². The van der Waals surface area contributed by atoms with Crippen LogP contribution < -0.4 is 10.6 Å². The number of alkyl halides is 3. The molecule has 2 amide bonds.